The molecule has 2 heteroatoms. The van der Waals surface area contributed by atoms with Crippen LogP contribution in [0.1, 0.15) is 48.6 Å². The van der Waals surface area contributed by atoms with E-state index in [0.29, 0.717) is 5.92 Å². The molecule has 1 aliphatic rings. The highest BCUT2D eigenvalue weighted by atomic mass is 15.2. The SMILES string of the molecule is Cc1ccc(C)c(C2(C)c3cc(CC(C)C)ccc3N=CN2C)c1. The van der Waals surface area contributed by atoms with Crippen LogP contribution < -0.4 is 0 Å². The Bertz CT molecular complexity index is 789. The largest absolute Gasteiger partial charge is 0.352 e. The minimum absolute atomic E-state index is 0.194. The molecule has 3 rings (SSSR count). The van der Waals surface area contributed by atoms with Crippen LogP contribution in [0.3, 0.4) is 0 Å². The zero-order chi connectivity index (χ0) is 17.5. The van der Waals surface area contributed by atoms with Crippen molar-refractivity contribution in [1.82, 2.24) is 4.90 Å². The summed E-state index contributed by atoms with van der Waals surface area (Å²) in [5.41, 5.74) is 7.58. The van der Waals surface area contributed by atoms with E-state index in [1.807, 2.05) is 6.34 Å². The number of nitrogens with zero attached hydrogens (tertiary/aromatic N) is 2. The van der Waals surface area contributed by atoms with Crippen LogP contribution in [-0.2, 0) is 12.0 Å². The van der Waals surface area contributed by atoms with Gasteiger partial charge in [0.2, 0.25) is 0 Å². The Morgan fingerprint density at radius 2 is 1.79 bits per heavy atom. The predicted molar refractivity (Wildman–Crippen MR) is 103 cm³/mol. The van der Waals surface area contributed by atoms with Crippen molar-refractivity contribution in [3.63, 3.8) is 0 Å². The lowest BCUT2D eigenvalue weighted by Gasteiger charge is -2.43. The molecule has 2 nitrogen and oxygen atoms in total. The van der Waals surface area contributed by atoms with Crippen LogP contribution in [0.2, 0.25) is 0 Å². The highest BCUT2D eigenvalue weighted by molar-refractivity contribution is 5.72. The Labute approximate surface area is 146 Å². The zero-order valence-corrected chi connectivity index (χ0v) is 15.7. The number of hydrogen-bond acceptors (Lipinski definition) is 2. The minimum Gasteiger partial charge on any atom is -0.352 e. The van der Waals surface area contributed by atoms with Crippen molar-refractivity contribution < 1.29 is 0 Å². The maximum Gasteiger partial charge on any atom is 0.0919 e. The van der Waals surface area contributed by atoms with Crippen LogP contribution in [0, 0.1) is 19.8 Å². The van der Waals surface area contributed by atoms with Gasteiger partial charge in [0, 0.05) is 12.6 Å². The Balaban J connectivity index is 2.21. The number of hydrogen-bond donors (Lipinski definition) is 0. The number of aryl methyl sites for hydroxylation is 2. The van der Waals surface area contributed by atoms with Gasteiger partial charge >= 0.3 is 0 Å². The second-order valence-corrected chi connectivity index (χ2v) is 7.70. The fourth-order valence-corrected chi connectivity index (χ4v) is 3.73. The van der Waals surface area contributed by atoms with Crippen molar-refractivity contribution in [1.29, 1.82) is 0 Å². The van der Waals surface area contributed by atoms with E-state index >= 15 is 0 Å². The van der Waals surface area contributed by atoms with E-state index in [2.05, 4.69) is 88.0 Å². The molecular weight excluding hydrogens is 292 g/mol. The average Bonchev–Trinajstić information content (AvgIpc) is 2.53. The van der Waals surface area contributed by atoms with Crippen molar-refractivity contribution in [3.05, 3.63) is 64.2 Å². The van der Waals surface area contributed by atoms with Crippen molar-refractivity contribution >= 4 is 12.0 Å². The van der Waals surface area contributed by atoms with E-state index in [1.54, 1.807) is 0 Å². The van der Waals surface area contributed by atoms with E-state index in [4.69, 9.17) is 0 Å². The minimum atomic E-state index is -0.194. The topological polar surface area (TPSA) is 15.6 Å². The van der Waals surface area contributed by atoms with E-state index < -0.39 is 0 Å². The lowest BCUT2D eigenvalue weighted by molar-refractivity contribution is 0.290. The maximum absolute atomic E-state index is 4.67. The Kier molecular flexibility index (Phi) is 4.25. The van der Waals surface area contributed by atoms with Gasteiger partial charge in [-0.25, -0.2) is 4.99 Å². The third-order valence-corrected chi connectivity index (χ3v) is 5.22. The molecule has 2 aromatic rings. The second kappa shape index (κ2) is 6.08. The molecule has 1 heterocycles. The van der Waals surface area contributed by atoms with Gasteiger partial charge in [-0.3, -0.25) is 0 Å². The molecule has 1 aliphatic heterocycles. The molecule has 0 N–H and O–H groups in total. The summed E-state index contributed by atoms with van der Waals surface area (Å²) in [7, 11) is 2.13. The summed E-state index contributed by atoms with van der Waals surface area (Å²) in [5, 5.41) is 0. The lowest BCUT2D eigenvalue weighted by atomic mass is 9.78. The normalized spacial score (nSPS) is 19.7. The molecule has 0 radical (unpaired) electrons. The van der Waals surface area contributed by atoms with Crippen molar-refractivity contribution in [2.75, 3.05) is 7.05 Å². The fourth-order valence-electron chi connectivity index (χ4n) is 3.73. The van der Waals surface area contributed by atoms with Crippen LogP contribution in [0.4, 0.5) is 5.69 Å². The van der Waals surface area contributed by atoms with E-state index in [9.17, 15) is 0 Å². The average molecular weight is 320 g/mol. The van der Waals surface area contributed by atoms with Gasteiger partial charge in [0.15, 0.2) is 0 Å². The van der Waals surface area contributed by atoms with Gasteiger partial charge in [-0.1, -0.05) is 49.7 Å². The molecule has 24 heavy (non-hydrogen) atoms. The zero-order valence-electron chi connectivity index (χ0n) is 15.7. The van der Waals surface area contributed by atoms with Crippen LogP contribution in [0.25, 0.3) is 0 Å². The summed E-state index contributed by atoms with van der Waals surface area (Å²) in [6.07, 6.45) is 3.07. The van der Waals surface area contributed by atoms with Gasteiger partial charge in [0.25, 0.3) is 0 Å². The van der Waals surface area contributed by atoms with Gasteiger partial charge in [0.1, 0.15) is 0 Å². The molecule has 0 fully saturated rings. The molecule has 0 saturated carbocycles. The third-order valence-electron chi connectivity index (χ3n) is 5.22. The highest BCUT2D eigenvalue weighted by Crippen LogP contribution is 2.43. The fraction of sp³-hybridized carbons (Fsp3) is 0.409. The summed E-state index contributed by atoms with van der Waals surface area (Å²) in [5.74, 6) is 0.653. The molecule has 126 valence electrons. The van der Waals surface area contributed by atoms with Crippen LogP contribution in [0.15, 0.2) is 41.4 Å². The molecule has 0 aromatic heterocycles. The second-order valence-electron chi connectivity index (χ2n) is 7.70. The first-order valence-electron chi connectivity index (χ1n) is 8.80. The highest BCUT2D eigenvalue weighted by Gasteiger charge is 2.38. The molecule has 0 amide bonds. The van der Waals surface area contributed by atoms with E-state index in [-0.39, 0.29) is 5.54 Å². The molecule has 1 unspecified atom stereocenters. The molecular formula is C22H28N2. The summed E-state index contributed by atoms with van der Waals surface area (Å²) in [6, 6.07) is 13.5. The van der Waals surface area contributed by atoms with Crippen LogP contribution in [0.5, 0.6) is 0 Å². The number of rotatable bonds is 3. The van der Waals surface area contributed by atoms with Gasteiger partial charge in [0.05, 0.1) is 17.6 Å². The van der Waals surface area contributed by atoms with Crippen LogP contribution in [-0.4, -0.2) is 18.3 Å². The Morgan fingerprint density at radius 1 is 1.04 bits per heavy atom. The van der Waals surface area contributed by atoms with Gasteiger partial charge < -0.3 is 4.90 Å². The lowest BCUT2D eigenvalue weighted by Crippen LogP contribution is -2.43. The van der Waals surface area contributed by atoms with Crippen LogP contribution >= 0.6 is 0 Å². The van der Waals surface area contributed by atoms with Crippen molar-refractivity contribution in [3.8, 4) is 0 Å². The first-order chi connectivity index (χ1) is 11.3. The predicted octanol–water partition coefficient (Wildman–Crippen LogP) is 5.37. The molecule has 0 bridgehead atoms. The smallest absolute Gasteiger partial charge is 0.0919 e. The number of aliphatic imine (C=N–C) groups is 1. The van der Waals surface area contributed by atoms with E-state index in [0.717, 1.165) is 12.1 Å². The third kappa shape index (κ3) is 2.75. The number of fused-ring (bicyclic) bond motifs is 1. The monoisotopic (exact) mass is 320 g/mol. The summed E-state index contributed by atoms with van der Waals surface area (Å²) < 4.78 is 0. The summed E-state index contributed by atoms with van der Waals surface area (Å²) in [6.45, 7) is 11.2. The summed E-state index contributed by atoms with van der Waals surface area (Å²) in [4.78, 5) is 6.91. The molecule has 1 atom stereocenters. The van der Waals surface area contributed by atoms with E-state index in [1.165, 1.54) is 27.8 Å². The first kappa shape index (κ1) is 16.8. The summed E-state index contributed by atoms with van der Waals surface area (Å²) >= 11 is 0. The molecule has 0 spiro atoms. The standard InChI is InChI=1S/C22H28N2/c1-15(2)11-18-9-10-21-20(13-18)22(5,24(6)14-23-21)19-12-16(3)7-8-17(19)4/h7-10,12-15H,11H2,1-6H3. The van der Waals surface area contributed by atoms with Gasteiger partial charge in [-0.15, -0.1) is 0 Å². The first-order valence-corrected chi connectivity index (χ1v) is 8.80. The van der Waals surface area contributed by atoms with Crippen molar-refractivity contribution in [2.45, 2.75) is 46.6 Å². The molecule has 0 aliphatic carbocycles. The number of benzene rings is 2. The van der Waals surface area contributed by atoms with Gasteiger partial charge in [-0.05, 0) is 55.9 Å². The Morgan fingerprint density at radius 3 is 2.50 bits per heavy atom. The van der Waals surface area contributed by atoms with Gasteiger partial charge in [-0.2, -0.15) is 0 Å². The molecule has 0 saturated heterocycles. The quantitative estimate of drug-likeness (QED) is 0.742. The molecule has 2 aromatic carbocycles. The Hall–Kier alpha value is -2.09. The maximum atomic E-state index is 4.67. The van der Waals surface area contributed by atoms with Crippen molar-refractivity contribution in [2.24, 2.45) is 10.9 Å².